The van der Waals surface area contributed by atoms with Crippen molar-refractivity contribution in [2.75, 3.05) is 25.6 Å². The molecular formula is C25H32N6O2. The highest BCUT2D eigenvalue weighted by Gasteiger charge is 2.25. The summed E-state index contributed by atoms with van der Waals surface area (Å²) in [6.07, 6.45) is 6.13. The number of nitrogens with two attached hydrogens (primary N) is 1. The Kier molecular flexibility index (Phi) is 6.37. The molecule has 1 atom stereocenters. The molecule has 2 aromatic heterocycles. The van der Waals surface area contributed by atoms with E-state index in [4.69, 9.17) is 10.5 Å². The van der Waals surface area contributed by atoms with Crippen molar-refractivity contribution in [3.63, 3.8) is 0 Å². The van der Waals surface area contributed by atoms with Gasteiger partial charge in [0.15, 0.2) is 0 Å². The van der Waals surface area contributed by atoms with Gasteiger partial charge in [0.1, 0.15) is 18.3 Å². The van der Waals surface area contributed by atoms with E-state index in [0.29, 0.717) is 12.3 Å². The highest BCUT2D eigenvalue weighted by molar-refractivity contribution is 5.99. The summed E-state index contributed by atoms with van der Waals surface area (Å²) in [7, 11) is 1.85. The summed E-state index contributed by atoms with van der Waals surface area (Å²) >= 11 is 0. The standard InChI is InChI=1S/C25H32N6O2/c1-25(2,3)19-5-7-21(8-6-19)33-16-31-10-9-20(15-31)29-24(32)22-11-17(12-27-23(22)26)18-13-28-30(4)14-18/h5-8,11-14,20H,9-10,15-16H2,1-4H3,(H2,26,27)(H,29,32). The Labute approximate surface area is 194 Å². The first-order chi connectivity index (χ1) is 15.7. The molecule has 0 aliphatic carbocycles. The Bertz CT molecular complexity index is 1120. The molecule has 1 aliphatic rings. The van der Waals surface area contributed by atoms with Crippen LogP contribution in [0.4, 0.5) is 5.82 Å². The topological polar surface area (TPSA) is 98.3 Å². The number of hydrogen-bond acceptors (Lipinski definition) is 6. The largest absolute Gasteiger partial charge is 0.478 e. The number of anilines is 1. The number of nitrogen functional groups attached to an aromatic ring is 1. The summed E-state index contributed by atoms with van der Waals surface area (Å²) in [5.41, 5.74) is 9.47. The number of carbonyl (C=O) groups excluding carboxylic acids is 1. The lowest BCUT2D eigenvalue weighted by atomic mass is 9.87. The summed E-state index contributed by atoms with van der Waals surface area (Å²) in [5, 5.41) is 7.27. The van der Waals surface area contributed by atoms with Gasteiger partial charge in [-0.1, -0.05) is 32.9 Å². The number of benzene rings is 1. The number of ether oxygens (including phenoxy) is 1. The maximum Gasteiger partial charge on any atom is 0.255 e. The van der Waals surface area contributed by atoms with Crippen LogP contribution in [-0.4, -0.2) is 51.4 Å². The molecule has 0 saturated carbocycles. The predicted octanol–water partition coefficient (Wildman–Crippen LogP) is 3.20. The fourth-order valence-electron chi connectivity index (χ4n) is 3.93. The first-order valence-corrected chi connectivity index (χ1v) is 11.2. The minimum absolute atomic E-state index is 0.0332. The van der Waals surface area contributed by atoms with Crippen LogP contribution in [0.3, 0.4) is 0 Å². The average Bonchev–Trinajstić information content (AvgIpc) is 3.41. The Morgan fingerprint density at radius 1 is 1.21 bits per heavy atom. The van der Waals surface area contributed by atoms with Crippen molar-refractivity contribution in [2.24, 2.45) is 7.05 Å². The van der Waals surface area contributed by atoms with Crippen LogP contribution in [0.2, 0.25) is 0 Å². The van der Waals surface area contributed by atoms with E-state index in [-0.39, 0.29) is 23.2 Å². The van der Waals surface area contributed by atoms with Crippen molar-refractivity contribution >= 4 is 11.7 Å². The lowest BCUT2D eigenvalue weighted by molar-refractivity contribution is 0.0933. The van der Waals surface area contributed by atoms with Crippen molar-refractivity contribution in [1.29, 1.82) is 0 Å². The van der Waals surface area contributed by atoms with E-state index < -0.39 is 0 Å². The van der Waals surface area contributed by atoms with Gasteiger partial charge in [-0.05, 0) is 35.6 Å². The van der Waals surface area contributed by atoms with Gasteiger partial charge in [-0.25, -0.2) is 4.98 Å². The quantitative estimate of drug-likeness (QED) is 0.601. The Morgan fingerprint density at radius 2 is 1.97 bits per heavy atom. The molecule has 0 radical (unpaired) electrons. The van der Waals surface area contributed by atoms with Crippen LogP contribution < -0.4 is 15.8 Å². The van der Waals surface area contributed by atoms with Crippen LogP contribution in [-0.2, 0) is 12.5 Å². The molecule has 33 heavy (non-hydrogen) atoms. The van der Waals surface area contributed by atoms with Gasteiger partial charge >= 0.3 is 0 Å². The second-order valence-electron chi connectivity index (χ2n) is 9.64. The van der Waals surface area contributed by atoms with Gasteiger partial charge in [0.2, 0.25) is 0 Å². The Morgan fingerprint density at radius 3 is 2.64 bits per heavy atom. The molecule has 0 spiro atoms. The van der Waals surface area contributed by atoms with E-state index >= 15 is 0 Å². The second kappa shape index (κ2) is 9.23. The number of rotatable bonds is 6. The third kappa shape index (κ3) is 5.51. The molecule has 1 saturated heterocycles. The van der Waals surface area contributed by atoms with E-state index in [1.165, 1.54) is 5.56 Å². The molecule has 3 aromatic rings. The van der Waals surface area contributed by atoms with Crippen LogP contribution in [0.15, 0.2) is 48.9 Å². The number of nitrogens with one attached hydrogen (secondary N) is 1. The number of likely N-dealkylation sites (tertiary alicyclic amines) is 1. The Balaban J connectivity index is 1.31. The van der Waals surface area contributed by atoms with E-state index in [1.807, 2.05) is 25.4 Å². The number of aryl methyl sites for hydroxylation is 1. The first kappa shape index (κ1) is 22.8. The molecule has 1 aromatic carbocycles. The Hall–Kier alpha value is -3.39. The molecule has 8 heteroatoms. The third-order valence-corrected chi connectivity index (χ3v) is 5.94. The molecule has 4 rings (SSSR count). The zero-order chi connectivity index (χ0) is 23.6. The zero-order valence-electron chi connectivity index (χ0n) is 19.7. The van der Waals surface area contributed by atoms with Crippen molar-refractivity contribution in [1.82, 2.24) is 25.0 Å². The smallest absolute Gasteiger partial charge is 0.255 e. The second-order valence-corrected chi connectivity index (χ2v) is 9.64. The van der Waals surface area contributed by atoms with Crippen LogP contribution in [0.25, 0.3) is 11.1 Å². The number of amides is 1. The molecule has 8 nitrogen and oxygen atoms in total. The monoisotopic (exact) mass is 448 g/mol. The van der Waals surface area contributed by atoms with Crippen LogP contribution in [0.5, 0.6) is 5.75 Å². The molecule has 1 fully saturated rings. The number of carbonyl (C=O) groups is 1. The van der Waals surface area contributed by atoms with E-state index in [0.717, 1.165) is 36.4 Å². The van der Waals surface area contributed by atoms with Gasteiger partial charge in [0, 0.05) is 49.7 Å². The first-order valence-electron chi connectivity index (χ1n) is 11.2. The number of pyridine rings is 1. The van der Waals surface area contributed by atoms with E-state index in [9.17, 15) is 4.79 Å². The van der Waals surface area contributed by atoms with Crippen molar-refractivity contribution in [3.8, 4) is 16.9 Å². The minimum atomic E-state index is -0.212. The van der Waals surface area contributed by atoms with Crippen LogP contribution in [0.1, 0.15) is 43.1 Å². The van der Waals surface area contributed by atoms with Gasteiger partial charge in [-0.15, -0.1) is 0 Å². The summed E-state index contributed by atoms with van der Waals surface area (Å²) in [6.45, 7) is 8.65. The van der Waals surface area contributed by atoms with Gasteiger partial charge in [0.25, 0.3) is 5.91 Å². The molecule has 174 valence electrons. The zero-order valence-corrected chi connectivity index (χ0v) is 19.7. The van der Waals surface area contributed by atoms with E-state index in [2.05, 4.69) is 53.2 Å². The highest BCUT2D eigenvalue weighted by atomic mass is 16.5. The molecule has 3 N–H and O–H groups in total. The average molecular weight is 449 g/mol. The predicted molar refractivity (Wildman–Crippen MR) is 129 cm³/mol. The van der Waals surface area contributed by atoms with E-state index in [1.54, 1.807) is 23.1 Å². The van der Waals surface area contributed by atoms with Gasteiger partial charge < -0.3 is 15.8 Å². The molecule has 1 amide bonds. The van der Waals surface area contributed by atoms with Gasteiger partial charge in [-0.3, -0.25) is 14.4 Å². The van der Waals surface area contributed by atoms with Gasteiger partial charge in [0.05, 0.1) is 11.8 Å². The maximum atomic E-state index is 12.9. The maximum absolute atomic E-state index is 12.9. The van der Waals surface area contributed by atoms with Crippen LogP contribution >= 0.6 is 0 Å². The van der Waals surface area contributed by atoms with Crippen molar-refractivity contribution < 1.29 is 9.53 Å². The SMILES string of the molecule is Cn1cc(-c2cnc(N)c(C(=O)NC3CCN(COc4ccc(C(C)(C)C)cc4)C3)c2)cn1. The summed E-state index contributed by atoms with van der Waals surface area (Å²) < 4.78 is 7.66. The normalized spacial score (nSPS) is 16.7. The fraction of sp³-hybridized carbons (Fsp3) is 0.400. The third-order valence-electron chi connectivity index (χ3n) is 5.94. The van der Waals surface area contributed by atoms with Crippen LogP contribution in [0, 0.1) is 0 Å². The summed E-state index contributed by atoms with van der Waals surface area (Å²) in [6, 6.07) is 10.1. The fourth-order valence-corrected chi connectivity index (χ4v) is 3.93. The lowest BCUT2D eigenvalue weighted by Crippen LogP contribution is -2.38. The number of aromatic nitrogens is 3. The molecule has 1 unspecified atom stereocenters. The number of nitrogens with zero attached hydrogens (tertiary/aromatic N) is 4. The lowest BCUT2D eigenvalue weighted by Gasteiger charge is -2.20. The molecule has 1 aliphatic heterocycles. The number of hydrogen-bond donors (Lipinski definition) is 2. The minimum Gasteiger partial charge on any atom is -0.478 e. The van der Waals surface area contributed by atoms with Gasteiger partial charge in [-0.2, -0.15) is 5.10 Å². The summed E-state index contributed by atoms with van der Waals surface area (Å²) in [4.78, 5) is 19.3. The van der Waals surface area contributed by atoms with Crippen molar-refractivity contribution in [2.45, 2.75) is 38.6 Å². The summed E-state index contributed by atoms with van der Waals surface area (Å²) in [5.74, 6) is 0.856. The molecular weight excluding hydrogens is 416 g/mol. The highest BCUT2D eigenvalue weighted by Crippen LogP contribution is 2.25. The molecule has 0 bridgehead atoms. The molecule has 3 heterocycles. The van der Waals surface area contributed by atoms with Crippen molar-refractivity contribution in [3.05, 3.63) is 60.0 Å².